The van der Waals surface area contributed by atoms with Crippen LogP contribution >= 0.6 is 0 Å². The van der Waals surface area contributed by atoms with Gasteiger partial charge in [0.05, 0.1) is 4.90 Å². The minimum Gasteiger partial charge on any atom is -0.480 e. The van der Waals surface area contributed by atoms with Crippen LogP contribution in [0, 0.1) is 6.92 Å². The van der Waals surface area contributed by atoms with Gasteiger partial charge in [0.25, 0.3) is 5.91 Å². The lowest BCUT2D eigenvalue weighted by atomic mass is 10.1. The van der Waals surface area contributed by atoms with Gasteiger partial charge in [0.2, 0.25) is 10.0 Å². The topological polar surface area (TPSA) is 104 Å². The number of aryl methyl sites for hydroxylation is 1. The molecule has 1 fully saturated rings. The van der Waals surface area contributed by atoms with Crippen molar-refractivity contribution in [3.63, 3.8) is 0 Å². The van der Waals surface area contributed by atoms with Crippen molar-refractivity contribution >= 4 is 21.9 Å². The van der Waals surface area contributed by atoms with Crippen LogP contribution in [0.5, 0.6) is 0 Å². The number of amides is 1. The number of hydrogen-bond donors (Lipinski definition) is 2. The average Bonchev–Trinajstić information content (AvgIpc) is 2.60. The molecule has 0 saturated carbocycles. The van der Waals surface area contributed by atoms with Gasteiger partial charge in [-0.25, -0.2) is 13.2 Å². The van der Waals surface area contributed by atoms with Crippen LogP contribution in [-0.4, -0.2) is 48.8 Å². The van der Waals surface area contributed by atoms with Gasteiger partial charge in [-0.3, -0.25) is 4.79 Å². The number of carboxylic acid groups (broad SMARTS) is 1. The fraction of sp³-hybridized carbons (Fsp3) is 0.529. The third kappa shape index (κ3) is 4.38. The maximum absolute atomic E-state index is 12.8. The zero-order chi connectivity index (χ0) is 18.6. The van der Waals surface area contributed by atoms with Crippen LogP contribution in [-0.2, 0) is 14.8 Å². The Bertz CT molecular complexity index is 754. The van der Waals surface area contributed by atoms with Crippen LogP contribution in [0.1, 0.15) is 48.5 Å². The first kappa shape index (κ1) is 19.4. The smallest absolute Gasteiger partial charge is 0.326 e. The summed E-state index contributed by atoms with van der Waals surface area (Å²) >= 11 is 0. The predicted octanol–water partition coefficient (Wildman–Crippen LogP) is 1.76. The average molecular weight is 368 g/mol. The summed E-state index contributed by atoms with van der Waals surface area (Å²) in [6.45, 7) is 4.31. The standard InChI is InChI=1S/C17H24N2O5S/c1-3-15(17(21)22)18-16(20)14-11-13(8-7-12(14)2)25(23,24)19-9-5-4-6-10-19/h7-8,11,15H,3-6,9-10H2,1-2H3,(H,18,20)(H,21,22). The molecule has 1 aliphatic rings. The second-order valence-electron chi connectivity index (χ2n) is 6.21. The summed E-state index contributed by atoms with van der Waals surface area (Å²) in [6, 6.07) is 3.40. The van der Waals surface area contributed by atoms with Crippen LogP contribution in [0.2, 0.25) is 0 Å². The van der Waals surface area contributed by atoms with Crippen molar-refractivity contribution in [3.05, 3.63) is 29.3 Å². The SMILES string of the molecule is CCC(NC(=O)c1cc(S(=O)(=O)N2CCCCC2)ccc1C)C(=O)O. The molecule has 1 heterocycles. The third-order valence-corrected chi connectivity index (χ3v) is 6.31. The molecule has 25 heavy (non-hydrogen) atoms. The van der Waals surface area contributed by atoms with E-state index in [4.69, 9.17) is 5.11 Å². The molecule has 138 valence electrons. The number of piperidine rings is 1. The number of benzene rings is 1. The lowest BCUT2D eigenvalue weighted by molar-refractivity contribution is -0.139. The van der Waals surface area contributed by atoms with Crippen LogP contribution < -0.4 is 5.32 Å². The van der Waals surface area contributed by atoms with Crippen molar-refractivity contribution in [2.75, 3.05) is 13.1 Å². The summed E-state index contributed by atoms with van der Waals surface area (Å²) in [5.41, 5.74) is 0.771. The number of hydrogen-bond acceptors (Lipinski definition) is 4. The molecule has 2 rings (SSSR count). The molecule has 0 spiro atoms. The van der Waals surface area contributed by atoms with Gasteiger partial charge in [-0.05, 0) is 43.9 Å². The van der Waals surface area contributed by atoms with E-state index in [0.29, 0.717) is 18.7 Å². The minimum absolute atomic E-state index is 0.0634. The summed E-state index contributed by atoms with van der Waals surface area (Å²) in [5, 5.41) is 11.5. The number of aliphatic carboxylic acids is 1. The van der Waals surface area contributed by atoms with Crippen molar-refractivity contribution < 1.29 is 23.1 Å². The number of nitrogens with zero attached hydrogens (tertiary/aromatic N) is 1. The summed E-state index contributed by atoms with van der Waals surface area (Å²) in [4.78, 5) is 23.6. The van der Waals surface area contributed by atoms with E-state index in [-0.39, 0.29) is 16.9 Å². The first-order valence-electron chi connectivity index (χ1n) is 8.42. The zero-order valence-corrected chi connectivity index (χ0v) is 15.3. The third-order valence-electron chi connectivity index (χ3n) is 4.42. The highest BCUT2D eigenvalue weighted by atomic mass is 32.2. The number of carboxylic acids is 1. The van der Waals surface area contributed by atoms with Gasteiger partial charge in [-0.15, -0.1) is 0 Å². The highest BCUT2D eigenvalue weighted by Crippen LogP contribution is 2.23. The van der Waals surface area contributed by atoms with Crippen molar-refractivity contribution in [2.45, 2.75) is 50.5 Å². The molecule has 1 aromatic rings. The number of carbonyl (C=O) groups is 2. The molecule has 7 nitrogen and oxygen atoms in total. The molecule has 8 heteroatoms. The fourth-order valence-corrected chi connectivity index (χ4v) is 4.38. The molecular formula is C17H24N2O5S. The van der Waals surface area contributed by atoms with Gasteiger partial charge in [0, 0.05) is 18.7 Å². The molecule has 1 amide bonds. The highest BCUT2D eigenvalue weighted by Gasteiger charge is 2.27. The van der Waals surface area contributed by atoms with Crippen LogP contribution in [0.3, 0.4) is 0 Å². The van der Waals surface area contributed by atoms with Crippen LogP contribution in [0.15, 0.2) is 23.1 Å². The van der Waals surface area contributed by atoms with E-state index in [1.165, 1.54) is 16.4 Å². The van der Waals surface area contributed by atoms with Gasteiger partial charge in [-0.1, -0.05) is 19.4 Å². The molecule has 1 aliphatic heterocycles. The van der Waals surface area contributed by atoms with Gasteiger partial charge in [0.1, 0.15) is 6.04 Å². The van der Waals surface area contributed by atoms with Gasteiger partial charge < -0.3 is 10.4 Å². The molecule has 0 aromatic heterocycles. The molecule has 0 aliphatic carbocycles. The monoisotopic (exact) mass is 368 g/mol. The number of nitrogens with one attached hydrogen (secondary N) is 1. The van der Waals surface area contributed by atoms with E-state index in [1.54, 1.807) is 19.9 Å². The van der Waals surface area contributed by atoms with E-state index >= 15 is 0 Å². The second kappa shape index (κ2) is 7.97. The van der Waals surface area contributed by atoms with Gasteiger partial charge in [-0.2, -0.15) is 4.31 Å². The Labute approximate surface area is 148 Å². The second-order valence-corrected chi connectivity index (χ2v) is 8.15. The fourth-order valence-electron chi connectivity index (χ4n) is 2.83. The Morgan fingerprint density at radius 3 is 2.44 bits per heavy atom. The first-order valence-corrected chi connectivity index (χ1v) is 9.86. The summed E-state index contributed by atoms with van der Waals surface area (Å²) in [5.74, 6) is -1.70. The zero-order valence-electron chi connectivity index (χ0n) is 14.5. The molecule has 1 atom stereocenters. The molecule has 0 bridgehead atoms. The molecule has 1 unspecified atom stereocenters. The van der Waals surface area contributed by atoms with Crippen molar-refractivity contribution in [2.24, 2.45) is 0 Å². The summed E-state index contributed by atoms with van der Waals surface area (Å²) in [6.07, 6.45) is 2.91. The van der Waals surface area contributed by atoms with E-state index < -0.39 is 27.9 Å². The Morgan fingerprint density at radius 2 is 1.88 bits per heavy atom. The minimum atomic E-state index is -3.65. The molecule has 1 saturated heterocycles. The van der Waals surface area contributed by atoms with Gasteiger partial charge in [0.15, 0.2) is 0 Å². The number of rotatable bonds is 6. The van der Waals surface area contributed by atoms with E-state index in [9.17, 15) is 18.0 Å². The largest absolute Gasteiger partial charge is 0.480 e. The molecule has 0 radical (unpaired) electrons. The van der Waals surface area contributed by atoms with Crippen molar-refractivity contribution in [1.82, 2.24) is 9.62 Å². The maximum Gasteiger partial charge on any atom is 0.326 e. The van der Waals surface area contributed by atoms with Crippen molar-refractivity contribution in [3.8, 4) is 0 Å². The first-order chi connectivity index (χ1) is 11.8. The summed E-state index contributed by atoms with van der Waals surface area (Å²) < 4.78 is 27.0. The summed E-state index contributed by atoms with van der Waals surface area (Å²) in [7, 11) is -3.65. The predicted molar refractivity (Wildman–Crippen MR) is 93.0 cm³/mol. The van der Waals surface area contributed by atoms with Crippen LogP contribution in [0.4, 0.5) is 0 Å². The van der Waals surface area contributed by atoms with E-state index in [1.807, 2.05) is 0 Å². The highest BCUT2D eigenvalue weighted by molar-refractivity contribution is 7.89. The normalized spacial score (nSPS) is 17.0. The van der Waals surface area contributed by atoms with E-state index in [2.05, 4.69) is 5.32 Å². The van der Waals surface area contributed by atoms with Crippen LogP contribution in [0.25, 0.3) is 0 Å². The lowest BCUT2D eigenvalue weighted by Crippen LogP contribution is -2.40. The Morgan fingerprint density at radius 1 is 1.24 bits per heavy atom. The number of carbonyl (C=O) groups excluding carboxylic acids is 1. The molecule has 2 N–H and O–H groups in total. The Hall–Kier alpha value is -1.93. The molecule has 1 aromatic carbocycles. The number of sulfonamides is 1. The Kier molecular flexibility index (Phi) is 6.18. The van der Waals surface area contributed by atoms with Crippen molar-refractivity contribution in [1.29, 1.82) is 0 Å². The molecular weight excluding hydrogens is 344 g/mol. The lowest BCUT2D eigenvalue weighted by Gasteiger charge is -2.26. The Balaban J connectivity index is 2.30. The quantitative estimate of drug-likeness (QED) is 0.796. The van der Waals surface area contributed by atoms with E-state index in [0.717, 1.165) is 19.3 Å². The van der Waals surface area contributed by atoms with Gasteiger partial charge >= 0.3 is 5.97 Å². The maximum atomic E-state index is 12.8.